The van der Waals surface area contributed by atoms with Crippen molar-refractivity contribution in [3.05, 3.63) is 29.6 Å². The topological polar surface area (TPSA) is 76.7 Å². The first-order chi connectivity index (χ1) is 9.82. The summed E-state index contributed by atoms with van der Waals surface area (Å²) in [6.45, 7) is 1.85. The van der Waals surface area contributed by atoms with Crippen molar-refractivity contribution < 1.29 is 22.7 Å². The van der Waals surface area contributed by atoms with Crippen LogP contribution in [0.4, 0.5) is 18.9 Å². The average Bonchev–Trinajstić information content (AvgIpc) is 2.40. The van der Waals surface area contributed by atoms with Crippen LogP contribution in [0.2, 0.25) is 0 Å². The number of hydrogen-bond acceptors (Lipinski definition) is 4. The molecule has 1 amide bonds. The van der Waals surface area contributed by atoms with Gasteiger partial charge in [0.1, 0.15) is 23.8 Å². The molecule has 8 heteroatoms. The van der Waals surface area contributed by atoms with E-state index in [1.807, 2.05) is 5.32 Å². The number of carbonyl (C=O) groups excluding carboxylic acids is 1. The van der Waals surface area contributed by atoms with Crippen LogP contribution in [0.5, 0.6) is 0 Å². The Labute approximate surface area is 119 Å². The zero-order chi connectivity index (χ0) is 15.6. The fraction of sp³-hybridized carbons (Fsp3) is 0.385. The van der Waals surface area contributed by atoms with Crippen LogP contribution in [-0.2, 0) is 15.1 Å². The number of ether oxygens (including phenoxy) is 1. The number of carbonyl (C=O) groups is 1. The van der Waals surface area contributed by atoms with Crippen LogP contribution in [0.3, 0.4) is 0 Å². The molecule has 2 rings (SSSR count). The van der Waals surface area contributed by atoms with Crippen LogP contribution in [-0.4, -0.2) is 31.4 Å². The summed E-state index contributed by atoms with van der Waals surface area (Å²) >= 11 is 0. The molecule has 0 fully saturated rings. The van der Waals surface area contributed by atoms with Gasteiger partial charge in [-0.2, -0.15) is 8.78 Å². The highest BCUT2D eigenvalue weighted by molar-refractivity contribution is 5.93. The Morgan fingerprint density at radius 3 is 2.86 bits per heavy atom. The van der Waals surface area contributed by atoms with Crippen molar-refractivity contribution in [3.63, 3.8) is 0 Å². The van der Waals surface area contributed by atoms with Crippen LogP contribution in [0, 0.1) is 5.82 Å². The zero-order valence-corrected chi connectivity index (χ0v) is 11.2. The lowest BCUT2D eigenvalue weighted by atomic mass is 9.92. The summed E-state index contributed by atoms with van der Waals surface area (Å²) in [5.41, 5.74) is 4.68. The van der Waals surface area contributed by atoms with E-state index >= 15 is 0 Å². The molecule has 1 aromatic carbocycles. The Kier molecular flexibility index (Phi) is 4.17. The number of anilines is 1. The first-order valence-electron chi connectivity index (χ1n) is 6.13. The van der Waals surface area contributed by atoms with Gasteiger partial charge in [-0.1, -0.05) is 0 Å². The molecule has 0 saturated heterocycles. The Morgan fingerprint density at radius 1 is 1.52 bits per heavy atom. The molecule has 1 unspecified atom stereocenters. The highest BCUT2D eigenvalue weighted by Gasteiger charge is 2.33. The summed E-state index contributed by atoms with van der Waals surface area (Å²) < 4.78 is 43.7. The minimum absolute atomic E-state index is 0.0530. The lowest BCUT2D eigenvalue weighted by Crippen LogP contribution is -2.38. The van der Waals surface area contributed by atoms with Gasteiger partial charge in [0.15, 0.2) is 0 Å². The van der Waals surface area contributed by atoms with Crippen molar-refractivity contribution in [2.45, 2.75) is 18.9 Å². The van der Waals surface area contributed by atoms with Crippen molar-refractivity contribution in [1.29, 1.82) is 0 Å². The number of alkyl halides is 2. The molecule has 3 N–H and O–H groups in total. The molecule has 21 heavy (non-hydrogen) atoms. The van der Waals surface area contributed by atoms with Gasteiger partial charge in [0.25, 0.3) is 5.91 Å². The van der Waals surface area contributed by atoms with E-state index in [1.54, 1.807) is 6.92 Å². The number of rotatable bonds is 3. The van der Waals surface area contributed by atoms with E-state index < -0.39 is 23.7 Å². The zero-order valence-electron chi connectivity index (χ0n) is 11.2. The lowest BCUT2D eigenvalue weighted by molar-refractivity contribution is -0.126. The van der Waals surface area contributed by atoms with Crippen LogP contribution in [0.15, 0.2) is 23.2 Å². The van der Waals surface area contributed by atoms with Gasteiger partial charge in [-0.3, -0.25) is 9.79 Å². The largest absolute Gasteiger partial charge is 0.386 e. The Hall–Kier alpha value is -2.09. The smallest absolute Gasteiger partial charge is 0.315 e. The second-order valence-corrected chi connectivity index (χ2v) is 4.85. The minimum Gasteiger partial charge on any atom is -0.386 e. The predicted molar refractivity (Wildman–Crippen MR) is 70.8 cm³/mol. The van der Waals surface area contributed by atoms with E-state index in [0.717, 1.165) is 6.07 Å². The maximum absolute atomic E-state index is 14.0. The van der Waals surface area contributed by atoms with Crippen LogP contribution < -0.4 is 11.1 Å². The highest BCUT2D eigenvalue weighted by Crippen LogP contribution is 2.32. The average molecular weight is 301 g/mol. The van der Waals surface area contributed by atoms with Crippen LogP contribution >= 0.6 is 0 Å². The lowest BCUT2D eigenvalue weighted by Gasteiger charge is -2.30. The maximum atomic E-state index is 14.0. The maximum Gasteiger partial charge on any atom is 0.315 e. The number of amidine groups is 1. The standard InChI is InChI=1S/C13H14F3N3O2/c1-13(6-21-5-10(17)19-13)8-4-7(2-3-9(8)14)18-12(20)11(15)16/h2-4,11H,5-6H2,1H3,(H2,17,19)(H,18,20). The van der Waals surface area contributed by atoms with Gasteiger partial charge in [-0.05, 0) is 25.1 Å². The van der Waals surface area contributed by atoms with Crippen molar-refractivity contribution in [1.82, 2.24) is 0 Å². The molecule has 0 spiro atoms. The molecular weight excluding hydrogens is 287 g/mol. The SMILES string of the molecule is CC1(c2cc(NC(=O)C(F)F)ccc2F)COCC(N)=N1. The molecule has 114 valence electrons. The van der Waals surface area contributed by atoms with Gasteiger partial charge >= 0.3 is 6.43 Å². The molecule has 0 aromatic heterocycles. The van der Waals surface area contributed by atoms with E-state index in [1.165, 1.54) is 12.1 Å². The summed E-state index contributed by atoms with van der Waals surface area (Å²) in [6, 6.07) is 3.52. The first kappa shape index (κ1) is 15.3. The number of hydrogen-bond donors (Lipinski definition) is 2. The number of nitrogens with one attached hydrogen (secondary N) is 1. The van der Waals surface area contributed by atoms with E-state index in [0.29, 0.717) is 0 Å². The summed E-state index contributed by atoms with van der Waals surface area (Å²) in [7, 11) is 0. The van der Waals surface area contributed by atoms with Gasteiger partial charge in [0.2, 0.25) is 0 Å². The molecule has 1 aliphatic heterocycles. The monoisotopic (exact) mass is 301 g/mol. The number of nitrogens with two attached hydrogens (primary N) is 1. The fourth-order valence-corrected chi connectivity index (χ4v) is 2.09. The second kappa shape index (κ2) is 5.72. The molecular formula is C13H14F3N3O2. The summed E-state index contributed by atoms with van der Waals surface area (Å²) in [6.07, 6.45) is -3.15. The van der Waals surface area contributed by atoms with E-state index in [2.05, 4.69) is 4.99 Å². The van der Waals surface area contributed by atoms with Gasteiger partial charge in [-0.25, -0.2) is 4.39 Å². The molecule has 1 atom stereocenters. The highest BCUT2D eigenvalue weighted by atomic mass is 19.3. The van der Waals surface area contributed by atoms with Crippen molar-refractivity contribution in [2.24, 2.45) is 10.7 Å². The quantitative estimate of drug-likeness (QED) is 0.891. The minimum atomic E-state index is -3.15. The third-order valence-electron chi connectivity index (χ3n) is 3.04. The molecule has 5 nitrogen and oxygen atoms in total. The third kappa shape index (κ3) is 3.33. The number of benzene rings is 1. The molecule has 1 aliphatic rings. The Bertz CT molecular complexity index is 592. The third-order valence-corrected chi connectivity index (χ3v) is 3.04. The normalized spacial score (nSPS) is 22.0. The van der Waals surface area contributed by atoms with Gasteiger partial charge in [0.05, 0.1) is 6.61 Å². The summed E-state index contributed by atoms with van der Waals surface area (Å²) in [4.78, 5) is 15.2. The Balaban J connectivity index is 2.35. The van der Waals surface area contributed by atoms with Gasteiger partial charge in [-0.15, -0.1) is 0 Å². The van der Waals surface area contributed by atoms with Crippen molar-refractivity contribution in [2.75, 3.05) is 18.5 Å². The fourth-order valence-electron chi connectivity index (χ4n) is 2.09. The Morgan fingerprint density at radius 2 is 2.24 bits per heavy atom. The van der Waals surface area contributed by atoms with E-state index in [4.69, 9.17) is 10.5 Å². The number of aliphatic imine (C=N–C) groups is 1. The van der Waals surface area contributed by atoms with Gasteiger partial charge in [0, 0.05) is 11.3 Å². The van der Waals surface area contributed by atoms with Gasteiger partial charge < -0.3 is 15.8 Å². The van der Waals surface area contributed by atoms with Crippen molar-refractivity contribution in [3.8, 4) is 0 Å². The number of halogens is 3. The number of amides is 1. The molecule has 1 heterocycles. The van der Waals surface area contributed by atoms with E-state index in [-0.39, 0.29) is 30.3 Å². The van der Waals surface area contributed by atoms with Crippen LogP contribution in [0.25, 0.3) is 0 Å². The predicted octanol–water partition coefficient (Wildman–Crippen LogP) is 1.63. The summed E-state index contributed by atoms with van der Waals surface area (Å²) in [5.74, 6) is -1.83. The van der Waals surface area contributed by atoms with Crippen LogP contribution in [0.1, 0.15) is 12.5 Å². The molecule has 0 radical (unpaired) electrons. The molecule has 0 aliphatic carbocycles. The molecule has 0 bridgehead atoms. The second-order valence-electron chi connectivity index (χ2n) is 4.85. The van der Waals surface area contributed by atoms with Crippen molar-refractivity contribution >= 4 is 17.4 Å². The number of nitrogens with zero attached hydrogens (tertiary/aromatic N) is 1. The molecule has 0 saturated carbocycles. The first-order valence-corrected chi connectivity index (χ1v) is 6.13. The molecule has 1 aromatic rings. The van der Waals surface area contributed by atoms with E-state index in [9.17, 15) is 18.0 Å². The summed E-state index contributed by atoms with van der Waals surface area (Å²) in [5, 5.41) is 2.00.